The number of carbonyl (C=O) groups is 2. The largest absolute Gasteiger partial charge is 0.496 e. The molecule has 0 radical (unpaired) electrons. The minimum atomic E-state index is -1.37. The van der Waals surface area contributed by atoms with Crippen LogP contribution in [0.5, 0.6) is 5.75 Å². The van der Waals surface area contributed by atoms with E-state index in [9.17, 15) is 14.7 Å². The molecule has 0 bridgehead atoms. The van der Waals surface area contributed by atoms with Crippen molar-refractivity contribution in [3.63, 3.8) is 0 Å². The van der Waals surface area contributed by atoms with E-state index in [1.807, 2.05) is 0 Å². The molecule has 126 valence electrons. The maximum atomic E-state index is 12.2. The highest BCUT2D eigenvalue weighted by atomic mass is 16.5. The van der Waals surface area contributed by atoms with Gasteiger partial charge in [0.25, 0.3) is 5.91 Å². The summed E-state index contributed by atoms with van der Waals surface area (Å²) in [6.45, 7) is 0. The number of aliphatic hydroxyl groups is 1. The Morgan fingerprint density at radius 1 is 1.12 bits per heavy atom. The molecule has 0 aliphatic rings. The highest BCUT2D eigenvalue weighted by molar-refractivity contribution is 5.89. The van der Waals surface area contributed by atoms with Gasteiger partial charge >= 0.3 is 0 Å². The van der Waals surface area contributed by atoms with Crippen molar-refractivity contribution in [2.24, 2.45) is 5.73 Å². The summed E-state index contributed by atoms with van der Waals surface area (Å²) in [5, 5.41) is 12.6. The number of para-hydroxylation sites is 1. The summed E-state index contributed by atoms with van der Waals surface area (Å²) in [6, 6.07) is 14.7. The molecule has 0 aliphatic carbocycles. The molecule has 2 amide bonds. The summed E-state index contributed by atoms with van der Waals surface area (Å²) in [6.07, 6.45) is -1.20. The number of hydrogen-bond donors (Lipinski definition) is 3. The number of amides is 2. The maximum Gasteiger partial charge on any atom is 0.254 e. The first-order valence-corrected chi connectivity index (χ1v) is 7.47. The molecule has 0 saturated carbocycles. The van der Waals surface area contributed by atoms with E-state index in [1.54, 1.807) is 54.6 Å². The third kappa shape index (κ3) is 4.33. The molecule has 0 aliphatic heterocycles. The predicted molar refractivity (Wildman–Crippen MR) is 89.2 cm³/mol. The monoisotopic (exact) mass is 328 g/mol. The van der Waals surface area contributed by atoms with Gasteiger partial charge in [0.05, 0.1) is 7.11 Å². The van der Waals surface area contributed by atoms with Crippen LogP contribution in [-0.2, 0) is 16.0 Å². The Hall–Kier alpha value is -2.86. The van der Waals surface area contributed by atoms with Crippen LogP contribution in [0.25, 0.3) is 0 Å². The lowest BCUT2D eigenvalue weighted by atomic mass is 10.0. The number of nitrogens with one attached hydrogen (secondary N) is 1. The van der Waals surface area contributed by atoms with E-state index in [1.165, 1.54) is 7.11 Å². The van der Waals surface area contributed by atoms with Crippen molar-refractivity contribution in [1.29, 1.82) is 0 Å². The fourth-order valence-electron chi connectivity index (χ4n) is 2.35. The van der Waals surface area contributed by atoms with Crippen molar-refractivity contribution >= 4 is 11.8 Å². The van der Waals surface area contributed by atoms with Crippen LogP contribution in [-0.4, -0.2) is 30.1 Å². The van der Waals surface area contributed by atoms with Crippen molar-refractivity contribution in [2.45, 2.75) is 18.6 Å². The maximum absolute atomic E-state index is 12.2. The van der Waals surface area contributed by atoms with Crippen molar-refractivity contribution < 1.29 is 19.4 Å². The highest BCUT2D eigenvalue weighted by Crippen LogP contribution is 2.19. The molecular formula is C18H20N2O4. The number of nitrogens with two attached hydrogens (primary N) is 1. The van der Waals surface area contributed by atoms with Gasteiger partial charge < -0.3 is 20.9 Å². The van der Waals surface area contributed by atoms with Crippen LogP contribution in [0.1, 0.15) is 17.2 Å². The van der Waals surface area contributed by atoms with Gasteiger partial charge in [0.15, 0.2) is 6.10 Å². The van der Waals surface area contributed by atoms with E-state index in [4.69, 9.17) is 10.5 Å². The molecule has 0 aromatic heterocycles. The van der Waals surface area contributed by atoms with Gasteiger partial charge in [0, 0.05) is 6.42 Å². The third-order valence-corrected chi connectivity index (χ3v) is 3.64. The van der Waals surface area contributed by atoms with Gasteiger partial charge in [0.2, 0.25) is 5.91 Å². The standard InChI is InChI=1S/C18H20N2O4/c1-24-15-10-6-5-9-13(15)11-14(17(19)22)20-18(23)16(21)12-7-3-2-4-8-12/h2-10,14,16,21H,11H2,1H3,(H2,19,22)(H,20,23)/t14-,16+/m1/s1. The zero-order chi connectivity index (χ0) is 17.5. The second-order valence-electron chi connectivity index (χ2n) is 5.29. The number of ether oxygens (including phenoxy) is 1. The van der Waals surface area contributed by atoms with E-state index < -0.39 is 24.0 Å². The van der Waals surface area contributed by atoms with Crippen LogP contribution in [0.3, 0.4) is 0 Å². The van der Waals surface area contributed by atoms with Gasteiger partial charge in [-0.2, -0.15) is 0 Å². The van der Waals surface area contributed by atoms with Crippen LogP contribution in [0.2, 0.25) is 0 Å². The van der Waals surface area contributed by atoms with E-state index >= 15 is 0 Å². The lowest BCUT2D eigenvalue weighted by Gasteiger charge is -2.19. The fourth-order valence-corrected chi connectivity index (χ4v) is 2.35. The third-order valence-electron chi connectivity index (χ3n) is 3.64. The second kappa shape index (κ2) is 8.12. The van der Waals surface area contributed by atoms with Crippen LogP contribution >= 0.6 is 0 Å². The number of aliphatic hydroxyl groups excluding tert-OH is 1. The molecule has 0 heterocycles. The first-order chi connectivity index (χ1) is 11.5. The topological polar surface area (TPSA) is 102 Å². The lowest BCUT2D eigenvalue weighted by Crippen LogP contribution is -2.47. The molecule has 24 heavy (non-hydrogen) atoms. The zero-order valence-corrected chi connectivity index (χ0v) is 13.3. The predicted octanol–water partition coefficient (Wildman–Crippen LogP) is 0.941. The summed E-state index contributed by atoms with van der Waals surface area (Å²) in [5.74, 6) is -0.768. The number of rotatable bonds is 7. The number of primary amides is 1. The quantitative estimate of drug-likeness (QED) is 0.704. The van der Waals surface area contributed by atoms with E-state index in [-0.39, 0.29) is 6.42 Å². The van der Waals surface area contributed by atoms with Gasteiger partial charge in [-0.25, -0.2) is 0 Å². The highest BCUT2D eigenvalue weighted by Gasteiger charge is 2.24. The molecule has 2 aromatic rings. The van der Waals surface area contributed by atoms with Crippen molar-refractivity contribution in [3.8, 4) is 5.75 Å². The molecule has 0 fully saturated rings. The molecule has 6 nitrogen and oxygen atoms in total. The van der Waals surface area contributed by atoms with Crippen LogP contribution in [0.4, 0.5) is 0 Å². The number of benzene rings is 2. The van der Waals surface area contributed by atoms with Gasteiger partial charge in [-0.3, -0.25) is 9.59 Å². The first kappa shape index (κ1) is 17.5. The average molecular weight is 328 g/mol. The van der Waals surface area contributed by atoms with Gasteiger partial charge in [0.1, 0.15) is 11.8 Å². The lowest BCUT2D eigenvalue weighted by molar-refractivity contribution is -0.133. The van der Waals surface area contributed by atoms with Crippen LogP contribution in [0.15, 0.2) is 54.6 Å². The van der Waals surface area contributed by atoms with E-state index in [0.717, 1.165) is 5.56 Å². The van der Waals surface area contributed by atoms with E-state index in [0.29, 0.717) is 11.3 Å². The van der Waals surface area contributed by atoms with Gasteiger partial charge in [-0.05, 0) is 17.2 Å². The summed E-state index contributed by atoms with van der Waals surface area (Å²) in [7, 11) is 1.52. The molecule has 0 unspecified atom stereocenters. The fraction of sp³-hybridized carbons (Fsp3) is 0.222. The SMILES string of the molecule is COc1ccccc1C[C@@H](NC(=O)[C@@H](O)c1ccccc1)C(N)=O. The first-order valence-electron chi connectivity index (χ1n) is 7.47. The average Bonchev–Trinajstić information content (AvgIpc) is 2.61. The van der Waals surface area contributed by atoms with Gasteiger partial charge in [-0.1, -0.05) is 48.5 Å². The molecule has 0 spiro atoms. The number of methoxy groups -OCH3 is 1. The number of carbonyl (C=O) groups excluding carboxylic acids is 2. The molecule has 2 aromatic carbocycles. The Bertz CT molecular complexity index is 703. The summed E-state index contributed by atoms with van der Waals surface area (Å²) < 4.78 is 5.23. The Labute approximate surface area is 140 Å². The van der Waals surface area contributed by atoms with Crippen molar-refractivity contribution in [3.05, 3.63) is 65.7 Å². The van der Waals surface area contributed by atoms with Crippen LogP contribution in [0, 0.1) is 0 Å². The smallest absolute Gasteiger partial charge is 0.254 e. The normalized spacial score (nSPS) is 12.9. The minimum absolute atomic E-state index is 0.173. The molecular weight excluding hydrogens is 308 g/mol. The summed E-state index contributed by atoms with van der Waals surface area (Å²) >= 11 is 0. The van der Waals surface area contributed by atoms with E-state index in [2.05, 4.69) is 5.32 Å². The van der Waals surface area contributed by atoms with Crippen molar-refractivity contribution in [1.82, 2.24) is 5.32 Å². The second-order valence-corrected chi connectivity index (χ2v) is 5.29. The van der Waals surface area contributed by atoms with Crippen LogP contribution < -0.4 is 15.8 Å². The molecule has 2 rings (SSSR count). The van der Waals surface area contributed by atoms with Gasteiger partial charge in [-0.15, -0.1) is 0 Å². The molecule has 4 N–H and O–H groups in total. The van der Waals surface area contributed by atoms with Crippen molar-refractivity contribution in [2.75, 3.05) is 7.11 Å². The Morgan fingerprint density at radius 3 is 2.38 bits per heavy atom. The summed E-state index contributed by atoms with van der Waals surface area (Å²) in [5.41, 5.74) is 6.56. The Morgan fingerprint density at radius 2 is 1.75 bits per heavy atom. The molecule has 0 saturated heterocycles. The Kier molecular flexibility index (Phi) is 5.92. The zero-order valence-electron chi connectivity index (χ0n) is 13.3. The Balaban J connectivity index is 2.11. The molecule has 2 atom stereocenters. The number of hydrogen-bond acceptors (Lipinski definition) is 4. The minimum Gasteiger partial charge on any atom is -0.496 e. The summed E-state index contributed by atoms with van der Waals surface area (Å²) in [4.78, 5) is 23.9. The molecule has 6 heteroatoms.